The van der Waals surface area contributed by atoms with Crippen molar-refractivity contribution >= 4 is 23.5 Å². The van der Waals surface area contributed by atoms with Gasteiger partial charge in [-0.2, -0.15) is 5.10 Å². The van der Waals surface area contributed by atoms with Crippen LogP contribution in [0.2, 0.25) is 0 Å². The second-order valence-electron chi connectivity index (χ2n) is 9.00. The highest BCUT2D eigenvalue weighted by atomic mass is 19.3. The van der Waals surface area contributed by atoms with E-state index in [0.717, 1.165) is 0 Å². The van der Waals surface area contributed by atoms with Crippen LogP contribution in [0.1, 0.15) is 31.3 Å². The first kappa shape index (κ1) is 23.4. The molecule has 0 aliphatic carbocycles. The number of nitrogens with zero attached hydrogens (tertiary/aromatic N) is 5. The van der Waals surface area contributed by atoms with E-state index in [4.69, 9.17) is 9.47 Å². The van der Waals surface area contributed by atoms with E-state index in [2.05, 4.69) is 30.8 Å². The van der Waals surface area contributed by atoms with Gasteiger partial charge in [-0.15, -0.1) is 0 Å². The predicted molar refractivity (Wildman–Crippen MR) is 117 cm³/mol. The molecule has 2 aliphatic rings. The average molecular weight is 494 g/mol. The lowest BCUT2D eigenvalue weighted by molar-refractivity contribution is -0.134. The van der Waals surface area contributed by atoms with E-state index < -0.39 is 30.4 Å². The monoisotopic (exact) mass is 494 g/mol. The van der Waals surface area contributed by atoms with Crippen LogP contribution in [0, 0.1) is 0 Å². The Hall–Kier alpha value is -3.39. The lowest BCUT2D eigenvalue weighted by Crippen LogP contribution is -2.55. The van der Waals surface area contributed by atoms with E-state index in [1.54, 1.807) is 47.7 Å². The standard InChI is InChI=1S/C21H25F3N8O3/c1-11(2)26-20(33)35-14-8-34-18(17(14)22)13-5-15(30-29-13)28-19-25-4-3-16-27-12(7-32(16)19)6-31-9-21(23,24)10-31/h3-5,7,11,14,17-18H,6,8-10H2,1-2H3,(H,26,33)(H2,25,28,29,30)/t14-,17+,18-/m0/s1. The molecule has 2 fully saturated rings. The fourth-order valence-electron chi connectivity index (χ4n) is 4.09. The highest BCUT2D eigenvalue weighted by Gasteiger charge is 2.44. The van der Waals surface area contributed by atoms with E-state index in [-0.39, 0.29) is 25.7 Å². The number of fused-ring (bicyclic) bond motifs is 1. The van der Waals surface area contributed by atoms with Crippen molar-refractivity contribution in [3.05, 3.63) is 35.9 Å². The number of rotatable bonds is 7. The van der Waals surface area contributed by atoms with E-state index in [9.17, 15) is 18.0 Å². The van der Waals surface area contributed by atoms with Gasteiger partial charge >= 0.3 is 6.09 Å². The predicted octanol–water partition coefficient (Wildman–Crippen LogP) is 2.56. The lowest BCUT2D eigenvalue weighted by Gasteiger charge is -2.38. The summed E-state index contributed by atoms with van der Waals surface area (Å²) < 4.78 is 53.4. The third kappa shape index (κ3) is 5.03. The highest BCUT2D eigenvalue weighted by Crippen LogP contribution is 2.33. The Kier molecular flexibility index (Phi) is 6.01. The number of nitrogens with one attached hydrogen (secondary N) is 3. The average Bonchev–Trinajstić information content (AvgIpc) is 3.46. The molecule has 11 nitrogen and oxygen atoms in total. The number of aromatic amines is 1. The van der Waals surface area contributed by atoms with Crippen molar-refractivity contribution in [2.75, 3.05) is 25.0 Å². The van der Waals surface area contributed by atoms with Gasteiger partial charge in [-0.25, -0.2) is 27.9 Å². The highest BCUT2D eigenvalue weighted by molar-refractivity contribution is 5.67. The molecular formula is C21H25F3N8O3. The lowest BCUT2D eigenvalue weighted by atomic mass is 10.1. The smallest absolute Gasteiger partial charge is 0.407 e. The Morgan fingerprint density at radius 1 is 1.40 bits per heavy atom. The number of hydrogen-bond donors (Lipinski definition) is 3. The SMILES string of the molecule is CC(C)NC(=O)O[C@H]1CO[C@@H](c2cc(Nc3nccc4nc(CN5CC(F)(F)C5)cn34)n[nH]2)[C@@H]1F. The van der Waals surface area contributed by atoms with Crippen LogP contribution in [0.4, 0.5) is 29.7 Å². The number of anilines is 2. The number of likely N-dealkylation sites (tertiary alicyclic amines) is 1. The topological polar surface area (TPSA) is 122 Å². The summed E-state index contributed by atoms with van der Waals surface area (Å²) in [7, 11) is 0. The third-order valence-corrected chi connectivity index (χ3v) is 5.62. The molecule has 14 heteroatoms. The fraction of sp³-hybridized carbons (Fsp3) is 0.524. The van der Waals surface area contributed by atoms with Crippen molar-refractivity contribution < 1.29 is 27.4 Å². The largest absolute Gasteiger partial charge is 0.441 e. The summed E-state index contributed by atoms with van der Waals surface area (Å²) in [5, 5.41) is 12.5. The molecule has 0 unspecified atom stereocenters. The normalized spacial score (nSPS) is 24.0. The summed E-state index contributed by atoms with van der Waals surface area (Å²) in [6.45, 7) is 3.20. The Bertz CT molecular complexity index is 1210. The number of hydrogen-bond acceptors (Lipinski definition) is 8. The number of alkyl carbamates (subject to hydrolysis) is 1. The van der Waals surface area contributed by atoms with E-state index in [1.807, 2.05) is 0 Å². The zero-order valence-corrected chi connectivity index (χ0v) is 19.0. The number of halogens is 3. The minimum Gasteiger partial charge on any atom is -0.441 e. The molecule has 3 atom stereocenters. The quantitative estimate of drug-likeness (QED) is 0.458. The molecule has 188 valence electrons. The first-order chi connectivity index (χ1) is 16.7. The maximum absolute atomic E-state index is 14.9. The summed E-state index contributed by atoms with van der Waals surface area (Å²) in [5.74, 6) is -1.89. The van der Waals surface area contributed by atoms with E-state index in [0.29, 0.717) is 35.3 Å². The summed E-state index contributed by atoms with van der Waals surface area (Å²) in [5.41, 5.74) is 1.59. The van der Waals surface area contributed by atoms with Crippen molar-refractivity contribution in [2.24, 2.45) is 0 Å². The zero-order chi connectivity index (χ0) is 24.7. The Labute approximate surface area is 198 Å². The van der Waals surface area contributed by atoms with Crippen molar-refractivity contribution in [2.45, 2.75) is 50.7 Å². The van der Waals surface area contributed by atoms with Crippen LogP contribution < -0.4 is 10.6 Å². The second kappa shape index (κ2) is 9.00. The molecule has 3 aromatic heterocycles. The van der Waals surface area contributed by atoms with Crippen LogP contribution in [0.3, 0.4) is 0 Å². The van der Waals surface area contributed by atoms with Crippen LogP contribution in [-0.4, -0.2) is 79.5 Å². The van der Waals surface area contributed by atoms with Gasteiger partial charge in [-0.1, -0.05) is 0 Å². The van der Waals surface area contributed by atoms with Gasteiger partial charge in [0.2, 0.25) is 5.95 Å². The number of alkyl halides is 3. The van der Waals surface area contributed by atoms with Gasteiger partial charge in [-0.05, 0) is 19.9 Å². The first-order valence-corrected chi connectivity index (χ1v) is 11.2. The van der Waals surface area contributed by atoms with Gasteiger partial charge in [0.05, 0.1) is 31.1 Å². The number of amides is 1. The Morgan fingerprint density at radius 2 is 2.20 bits per heavy atom. The van der Waals surface area contributed by atoms with Gasteiger partial charge in [0, 0.05) is 31.0 Å². The maximum atomic E-state index is 14.9. The molecule has 2 aliphatic heterocycles. The minimum absolute atomic E-state index is 0.0826. The van der Waals surface area contributed by atoms with Crippen molar-refractivity contribution in [1.82, 2.24) is 34.8 Å². The van der Waals surface area contributed by atoms with Crippen LogP contribution in [0.25, 0.3) is 5.65 Å². The molecule has 0 aromatic carbocycles. The van der Waals surface area contributed by atoms with Gasteiger partial charge in [0.1, 0.15) is 11.8 Å². The van der Waals surface area contributed by atoms with Gasteiger partial charge < -0.3 is 20.1 Å². The summed E-state index contributed by atoms with van der Waals surface area (Å²) in [4.78, 5) is 22.2. The maximum Gasteiger partial charge on any atom is 0.407 e. The van der Waals surface area contributed by atoms with Crippen LogP contribution >= 0.6 is 0 Å². The summed E-state index contributed by atoms with van der Waals surface area (Å²) in [6.07, 6.45) is -1.02. The van der Waals surface area contributed by atoms with Crippen molar-refractivity contribution in [3.8, 4) is 0 Å². The van der Waals surface area contributed by atoms with Crippen LogP contribution in [0.15, 0.2) is 24.5 Å². The molecule has 35 heavy (non-hydrogen) atoms. The number of H-pyrrole nitrogens is 1. The molecule has 3 aromatic rings. The van der Waals surface area contributed by atoms with Crippen molar-refractivity contribution in [3.63, 3.8) is 0 Å². The molecule has 3 N–H and O–H groups in total. The number of ether oxygens (including phenoxy) is 2. The second-order valence-corrected chi connectivity index (χ2v) is 9.00. The zero-order valence-electron chi connectivity index (χ0n) is 19.0. The molecule has 5 rings (SSSR count). The van der Waals surface area contributed by atoms with Crippen molar-refractivity contribution in [1.29, 1.82) is 0 Å². The van der Waals surface area contributed by atoms with Gasteiger partial charge in [0.15, 0.2) is 18.1 Å². The molecule has 2 saturated heterocycles. The van der Waals surface area contributed by atoms with Gasteiger partial charge in [-0.3, -0.25) is 14.4 Å². The summed E-state index contributed by atoms with van der Waals surface area (Å²) >= 11 is 0. The number of imidazole rings is 1. The molecular weight excluding hydrogens is 469 g/mol. The minimum atomic E-state index is -2.64. The van der Waals surface area contributed by atoms with Gasteiger partial charge in [0.25, 0.3) is 5.92 Å². The van der Waals surface area contributed by atoms with E-state index >= 15 is 0 Å². The Balaban J connectivity index is 1.24. The van der Waals surface area contributed by atoms with E-state index in [1.165, 1.54) is 0 Å². The number of carbonyl (C=O) groups excluding carboxylic acids is 1. The molecule has 5 heterocycles. The first-order valence-electron chi connectivity index (χ1n) is 11.2. The number of aromatic nitrogens is 5. The molecule has 0 bridgehead atoms. The molecule has 1 amide bonds. The molecule has 0 spiro atoms. The Morgan fingerprint density at radius 3 is 2.94 bits per heavy atom. The molecule has 0 radical (unpaired) electrons. The number of carbonyl (C=O) groups is 1. The molecule has 0 saturated carbocycles. The summed E-state index contributed by atoms with van der Waals surface area (Å²) in [6, 6.07) is 3.14. The van der Waals surface area contributed by atoms with Crippen LogP contribution in [0.5, 0.6) is 0 Å². The third-order valence-electron chi connectivity index (χ3n) is 5.62. The fourth-order valence-corrected chi connectivity index (χ4v) is 4.09. The van der Waals surface area contributed by atoms with Crippen LogP contribution in [-0.2, 0) is 16.0 Å².